The van der Waals surface area contributed by atoms with Crippen molar-refractivity contribution in [2.45, 2.75) is 32.8 Å². The van der Waals surface area contributed by atoms with Crippen LogP contribution < -0.4 is 4.74 Å². The van der Waals surface area contributed by atoms with E-state index in [2.05, 4.69) is 19.9 Å². The molecule has 3 heterocycles. The van der Waals surface area contributed by atoms with Crippen molar-refractivity contribution in [2.75, 3.05) is 0 Å². The molecule has 3 aromatic rings. The van der Waals surface area contributed by atoms with Gasteiger partial charge in [-0.15, -0.1) is 0 Å². The molecule has 1 aliphatic carbocycles. The van der Waals surface area contributed by atoms with Gasteiger partial charge in [0.15, 0.2) is 0 Å². The van der Waals surface area contributed by atoms with Crippen LogP contribution in [0.15, 0.2) is 30.6 Å². The molecule has 0 fully saturated rings. The van der Waals surface area contributed by atoms with E-state index in [4.69, 9.17) is 4.74 Å². The Kier molecular flexibility index (Phi) is 4.28. The molecule has 1 aliphatic rings. The Hall–Kier alpha value is -2.96. The summed E-state index contributed by atoms with van der Waals surface area (Å²) in [6, 6.07) is 3.81. The van der Waals surface area contributed by atoms with E-state index in [9.17, 15) is 8.78 Å². The van der Waals surface area contributed by atoms with E-state index in [-0.39, 0.29) is 12.3 Å². The van der Waals surface area contributed by atoms with Gasteiger partial charge in [0.1, 0.15) is 23.9 Å². The minimum Gasteiger partial charge on any atom is -0.471 e. The molecule has 5 nitrogen and oxygen atoms in total. The van der Waals surface area contributed by atoms with Crippen molar-refractivity contribution in [3.8, 4) is 17.0 Å². The molecule has 132 valence electrons. The number of fused-ring (bicyclic) bond motifs is 1. The van der Waals surface area contributed by atoms with Gasteiger partial charge in [0.25, 0.3) is 0 Å². The maximum atomic E-state index is 13.7. The first-order valence-corrected chi connectivity index (χ1v) is 8.35. The Bertz CT molecular complexity index is 960. The van der Waals surface area contributed by atoms with Crippen LogP contribution in [0.5, 0.6) is 5.88 Å². The van der Waals surface area contributed by atoms with Gasteiger partial charge in [-0.05, 0) is 49.4 Å². The highest BCUT2D eigenvalue weighted by atomic mass is 19.1. The number of aromatic nitrogens is 4. The summed E-state index contributed by atoms with van der Waals surface area (Å²) in [5.41, 5.74) is 3.89. The zero-order chi connectivity index (χ0) is 18.1. The number of nitrogens with zero attached hydrogens (tertiary/aromatic N) is 4. The Labute approximate surface area is 149 Å². The highest BCUT2D eigenvalue weighted by Gasteiger charge is 2.20. The highest BCUT2D eigenvalue weighted by molar-refractivity contribution is 5.68. The van der Waals surface area contributed by atoms with Crippen molar-refractivity contribution in [3.05, 3.63) is 65.1 Å². The first-order chi connectivity index (χ1) is 12.6. The molecule has 0 saturated carbocycles. The fourth-order valence-corrected chi connectivity index (χ4v) is 3.08. The average Bonchev–Trinajstić information content (AvgIpc) is 3.11. The molecule has 7 heteroatoms. The molecule has 0 N–H and O–H groups in total. The topological polar surface area (TPSA) is 60.8 Å². The lowest BCUT2D eigenvalue weighted by Crippen LogP contribution is -2.05. The predicted octanol–water partition coefficient (Wildman–Crippen LogP) is 3.59. The summed E-state index contributed by atoms with van der Waals surface area (Å²) in [5.74, 6) is -0.306. The van der Waals surface area contributed by atoms with Crippen molar-refractivity contribution in [1.82, 2.24) is 19.9 Å². The molecule has 3 aromatic heterocycles. The first kappa shape index (κ1) is 16.5. The van der Waals surface area contributed by atoms with Gasteiger partial charge < -0.3 is 4.74 Å². The number of aryl methyl sites for hydroxylation is 2. The van der Waals surface area contributed by atoms with Crippen LogP contribution in [-0.2, 0) is 19.4 Å². The van der Waals surface area contributed by atoms with E-state index in [0.717, 1.165) is 48.2 Å². The van der Waals surface area contributed by atoms with E-state index in [1.807, 2.05) is 6.92 Å². The minimum absolute atomic E-state index is 0.0903. The van der Waals surface area contributed by atoms with Gasteiger partial charge in [-0.3, -0.25) is 0 Å². The molecule has 0 unspecified atom stereocenters. The monoisotopic (exact) mass is 354 g/mol. The number of hydrogen-bond donors (Lipinski definition) is 0. The SMILES string of the molecule is Cc1ncc(-c2cc(OCc3nc(F)ccc3F)nc3c2CCC3)cn1. The molecule has 0 saturated heterocycles. The summed E-state index contributed by atoms with van der Waals surface area (Å²) < 4.78 is 32.6. The van der Waals surface area contributed by atoms with Crippen LogP contribution in [0, 0.1) is 18.7 Å². The lowest BCUT2D eigenvalue weighted by molar-refractivity contribution is 0.280. The van der Waals surface area contributed by atoms with Crippen LogP contribution in [0.3, 0.4) is 0 Å². The third-order valence-electron chi connectivity index (χ3n) is 4.36. The smallest absolute Gasteiger partial charge is 0.214 e. The summed E-state index contributed by atoms with van der Waals surface area (Å²) in [6.07, 6.45) is 6.36. The number of hydrogen-bond acceptors (Lipinski definition) is 5. The zero-order valence-corrected chi connectivity index (χ0v) is 14.2. The van der Waals surface area contributed by atoms with Crippen molar-refractivity contribution < 1.29 is 13.5 Å². The average molecular weight is 354 g/mol. The largest absolute Gasteiger partial charge is 0.471 e. The molecule has 0 aliphatic heterocycles. The maximum absolute atomic E-state index is 13.7. The van der Waals surface area contributed by atoms with Gasteiger partial charge in [-0.2, -0.15) is 4.39 Å². The molecule has 0 radical (unpaired) electrons. The van der Waals surface area contributed by atoms with Crippen molar-refractivity contribution in [1.29, 1.82) is 0 Å². The summed E-state index contributed by atoms with van der Waals surface area (Å²) in [5, 5.41) is 0. The normalized spacial score (nSPS) is 12.9. The molecular formula is C19H16F2N4O. The summed E-state index contributed by atoms with van der Waals surface area (Å²) in [7, 11) is 0. The molecule has 4 rings (SSSR count). The molecule has 0 spiro atoms. The Morgan fingerprint density at radius 3 is 2.69 bits per heavy atom. The van der Waals surface area contributed by atoms with Gasteiger partial charge in [0.05, 0.1) is 0 Å². The van der Waals surface area contributed by atoms with Crippen LogP contribution >= 0.6 is 0 Å². The Morgan fingerprint density at radius 1 is 1.08 bits per heavy atom. The van der Waals surface area contributed by atoms with Gasteiger partial charge in [0, 0.05) is 29.7 Å². The first-order valence-electron chi connectivity index (χ1n) is 8.35. The Balaban J connectivity index is 1.66. The van der Waals surface area contributed by atoms with Crippen LogP contribution in [0.25, 0.3) is 11.1 Å². The Morgan fingerprint density at radius 2 is 1.88 bits per heavy atom. The van der Waals surface area contributed by atoms with Gasteiger partial charge in [-0.25, -0.2) is 24.3 Å². The number of ether oxygens (including phenoxy) is 1. The van der Waals surface area contributed by atoms with Crippen LogP contribution in [0.4, 0.5) is 8.78 Å². The predicted molar refractivity (Wildman–Crippen MR) is 90.5 cm³/mol. The fraction of sp³-hybridized carbons (Fsp3) is 0.263. The second kappa shape index (κ2) is 6.74. The molecular weight excluding hydrogens is 338 g/mol. The number of halogens is 2. The third kappa shape index (κ3) is 3.24. The minimum atomic E-state index is -0.746. The fourth-order valence-electron chi connectivity index (χ4n) is 3.08. The van der Waals surface area contributed by atoms with Gasteiger partial charge in [0.2, 0.25) is 11.8 Å². The standard InChI is InChI=1S/C19H16F2N4O/c1-11-22-8-12(9-23-11)14-7-19(25-16-4-2-3-13(14)16)26-10-17-15(20)5-6-18(21)24-17/h5-9H,2-4,10H2,1H3. The second-order valence-corrected chi connectivity index (χ2v) is 6.16. The molecule has 26 heavy (non-hydrogen) atoms. The highest BCUT2D eigenvalue weighted by Crippen LogP contribution is 2.33. The van der Waals surface area contributed by atoms with E-state index in [1.165, 1.54) is 5.56 Å². The van der Waals surface area contributed by atoms with E-state index >= 15 is 0 Å². The number of pyridine rings is 2. The van der Waals surface area contributed by atoms with Crippen molar-refractivity contribution >= 4 is 0 Å². The van der Waals surface area contributed by atoms with E-state index in [1.54, 1.807) is 18.5 Å². The van der Waals surface area contributed by atoms with Crippen molar-refractivity contribution in [2.24, 2.45) is 0 Å². The molecule has 0 amide bonds. The molecule has 0 bridgehead atoms. The quantitative estimate of drug-likeness (QED) is 0.670. The second-order valence-electron chi connectivity index (χ2n) is 6.16. The van der Waals surface area contributed by atoms with Crippen molar-refractivity contribution in [3.63, 3.8) is 0 Å². The van der Waals surface area contributed by atoms with E-state index < -0.39 is 11.8 Å². The van der Waals surface area contributed by atoms with Gasteiger partial charge in [-0.1, -0.05) is 0 Å². The summed E-state index contributed by atoms with van der Waals surface area (Å²) in [4.78, 5) is 16.6. The van der Waals surface area contributed by atoms with Crippen LogP contribution in [0.2, 0.25) is 0 Å². The summed E-state index contributed by atoms with van der Waals surface area (Å²) in [6.45, 7) is 1.63. The lowest BCUT2D eigenvalue weighted by atomic mass is 10.0. The van der Waals surface area contributed by atoms with E-state index in [0.29, 0.717) is 11.7 Å². The van der Waals surface area contributed by atoms with Crippen LogP contribution in [-0.4, -0.2) is 19.9 Å². The maximum Gasteiger partial charge on any atom is 0.214 e. The molecule has 0 aromatic carbocycles. The lowest BCUT2D eigenvalue weighted by Gasteiger charge is -2.12. The third-order valence-corrected chi connectivity index (χ3v) is 4.36. The van der Waals surface area contributed by atoms with Gasteiger partial charge >= 0.3 is 0 Å². The molecule has 0 atom stereocenters. The zero-order valence-electron chi connectivity index (χ0n) is 14.2. The number of rotatable bonds is 4. The summed E-state index contributed by atoms with van der Waals surface area (Å²) >= 11 is 0. The van der Waals surface area contributed by atoms with Crippen LogP contribution in [0.1, 0.15) is 29.2 Å².